The van der Waals surface area contributed by atoms with Gasteiger partial charge in [-0.3, -0.25) is 4.79 Å². The Morgan fingerprint density at radius 1 is 0.966 bits per heavy atom. The predicted octanol–water partition coefficient (Wildman–Crippen LogP) is 2.60. The lowest BCUT2D eigenvalue weighted by Crippen LogP contribution is -2.36. The second kappa shape index (κ2) is 8.12. The second-order valence-corrected chi connectivity index (χ2v) is 8.64. The van der Waals surface area contributed by atoms with Crippen molar-refractivity contribution in [3.8, 4) is 0 Å². The quantitative estimate of drug-likeness (QED) is 0.791. The zero-order valence-electron chi connectivity index (χ0n) is 16.8. The van der Waals surface area contributed by atoms with Crippen LogP contribution in [0.4, 0.5) is 11.6 Å². The van der Waals surface area contributed by atoms with Crippen molar-refractivity contribution in [1.29, 1.82) is 0 Å². The molecule has 9 heteroatoms. The summed E-state index contributed by atoms with van der Waals surface area (Å²) >= 11 is 0. The molecule has 9 nitrogen and oxygen atoms in total. The van der Waals surface area contributed by atoms with Crippen LogP contribution in [0.25, 0.3) is 11.3 Å². The fraction of sp³-hybridized carbons (Fsp3) is 0.750. The topological polar surface area (TPSA) is 100 Å². The predicted molar refractivity (Wildman–Crippen MR) is 109 cm³/mol. The number of hydrogen-bond donors (Lipinski definition) is 1. The number of carbonyl (C=O) groups excluding carboxylic acids is 1. The molecule has 2 aromatic heterocycles. The molecule has 3 aliphatic rings. The molecule has 0 spiro atoms. The van der Waals surface area contributed by atoms with Crippen LogP contribution in [0.1, 0.15) is 57.8 Å². The first-order valence-electron chi connectivity index (χ1n) is 11.1. The Labute approximate surface area is 170 Å². The van der Waals surface area contributed by atoms with E-state index in [1.165, 1.54) is 25.7 Å². The number of rotatable bonds is 6. The summed E-state index contributed by atoms with van der Waals surface area (Å²) in [6, 6.07) is 0.455. The summed E-state index contributed by atoms with van der Waals surface area (Å²) in [7, 11) is 0. The van der Waals surface area contributed by atoms with E-state index in [4.69, 9.17) is 9.61 Å². The molecule has 2 saturated heterocycles. The van der Waals surface area contributed by atoms with E-state index in [0.29, 0.717) is 29.2 Å². The Morgan fingerprint density at radius 3 is 2.45 bits per heavy atom. The fourth-order valence-electron chi connectivity index (χ4n) is 4.92. The van der Waals surface area contributed by atoms with Crippen LogP contribution < -0.4 is 10.2 Å². The summed E-state index contributed by atoms with van der Waals surface area (Å²) in [5.74, 6) is 2.67. The molecule has 0 atom stereocenters. The molecule has 1 aliphatic carbocycles. The molecule has 1 amide bonds. The average Bonchev–Trinajstić information content (AvgIpc) is 3.49. The van der Waals surface area contributed by atoms with E-state index in [0.717, 1.165) is 69.9 Å². The van der Waals surface area contributed by atoms with Crippen molar-refractivity contribution in [3.05, 3.63) is 0 Å². The number of nitrogens with zero attached hydrogens (tertiary/aromatic N) is 6. The number of hydrogen-bond acceptors (Lipinski definition) is 8. The van der Waals surface area contributed by atoms with Gasteiger partial charge in [0.1, 0.15) is 0 Å². The monoisotopic (exact) mass is 399 g/mol. The summed E-state index contributed by atoms with van der Waals surface area (Å²) < 4.78 is 4.84. The number of aromatic nitrogens is 4. The van der Waals surface area contributed by atoms with Gasteiger partial charge in [0.15, 0.2) is 11.6 Å². The first-order chi connectivity index (χ1) is 14.3. The minimum Gasteiger partial charge on any atom is -0.364 e. The van der Waals surface area contributed by atoms with Gasteiger partial charge >= 0.3 is 0 Å². The molecule has 1 N–H and O–H groups in total. The number of piperidine rings is 1. The van der Waals surface area contributed by atoms with E-state index >= 15 is 0 Å². The van der Waals surface area contributed by atoms with E-state index in [2.05, 4.69) is 25.5 Å². The average molecular weight is 399 g/mol. The zero-order valence-corrected chi connectivity index (χ0v) is 16.8. The molecule has 4 heterocycles. The molecule has 0 radical (unpaired) electrons. The highest BCUT2D eigenvalue weighted by atomic mass is 16.6. The van der Waals surface area contributed by atoms with Crippen LogP contribution in [0.3, 0.4) is 0 Å². The van der Waals surface area contributed by atoms with E-state index < -0.39 is 0 Å². The van der Waals surface area contributed by atoms with Gasteiger partial charge in [-0.05, 0) is 54.8 Å². The van der Waals surface area contributed by atoms with Gasteiger partial charge in [-0.1, -0.05) is 12.8 Å². The van der Waals surface area contributed by atoms with Gasteiger partial charge in [0.05, 0.1) is 0 Å². The van der Waals surface area contributed by atoms with E-state index in [1.807, 2.05) is 4.90 Å². The lowest BCUT2D eigenvalue weighted by Gasteiger charge is -2.34. The Balaban J connectivity index is 1.25. The lowest BCUT2D eigenvalue weighted by molar-refractivity contribution is -0.127. The van der Waals surface area contributed by atoms with Crippen molar-refractivity contribution in [3.63, 3.8) is 0 Å². The minimum absolute atomic E-state index is 0.329. The second-order valence-electron chi connectivity index (χ2n) is 8.64. The number of amides is 1. The molecule has 2 aromatic rings. The molecule has 156 valence electrons. The summed E-state index contributed by atoms with van der Waals surface area (Å²) in [4.78, 5) is 25.6. The number of nitrogens with one attached hydrogen (secondary N) is 1. The van der Waals surface area contributed by atoms with Crippen molar-refractivity contribution >= 4 is 28.8 Å². The van der Waals surface area contributed by atoms with Crippen LogP contribution in [-0.4, -0.2) is 63.3 Å². The van der Waals surface area contributed by atoms with Crippen LogP contribution in [-0.2, 0) is 4.79 Å². The van der Waals surface area contributed by atoms with Gasteiger partial charge in [-0.25, -0.2) is 14.6 Å². The maximum atomic E-state index is 11.8. The van der Waals surface area contributed by atoms with Gasteiger partial charge < -0.3 is 15.1 Å². The molecular weight excluding hydrogens is 370 g/mol. The molecule has 3 fully saturated rings. The highest BCUT2D eigenvalue weighted by Crippen LogP contribution is 2.32. The van der Waals surface area contributed by atoms with Crippen LogP contribution in [0.15, 0.2) is 4.63 Å². The number of fused-ring (bicyclic) bond motifs is 1. The van der Waals surface area contributed by atoms with Crippen molar-refractivity contribution in [2.75, 3.05) is 36.4 Å². The third-order valence-electron chi connectivity index (χ3n) is 6.68. The van der Waals surface area contributed by atoms with E-state index in [-0.39, 0.29) is 0 Å². The minimum atomic E-state index is 0.329. The Kier molecular flexibility index (Phi) is 5.20. The fourth-order valence-corrected chi connectivity index (χ4v) is 4.92. The summed E-state index contributed by atoms with van der Waals surface area (Å²) in [6.07, 6.45) is 9.95. The van der Waals surface area contributed by atoms with Gasteiger partial charge in [0, 0.05) is 38.6 Å². The molecule has 2 aliphatic heterocycles. The van der Waals surface area contributed by atoms with Crippen LogP contribution in [0.2, 0.25) is 0 Å². The smallest absolute Gasteiger partial charge is 0.245 e. The lowest BCUT2D eigenvalue weighted by atomic mass is 9.93. The summed E-state index contributed by atoms with van der Waals surface area (Å²) in [5, 5.41) is 11.4. The molecular formula is C20H29N7O2. The molecule has 0 bridgehead atoms. The van der Waals surface area contributed by atoms with Crippen molar-refractivity contribution in [2.24, 2.45) is 5.92 Å². The molecule has 1 saturated carbocycles. The zero-order chi connectivity index (χ0) is 19.6. The Morgan fingerprint density at radius 2 is 1.72 bits per heavy atom. The summed E-state index contributed by atoms with van der Waals surface area (Å²) in [6.45, 7) is 3.75. The first kappa shape index (κ1) is 18.6. The van der Waals surface area contributed by atoms with Crippen molar-refractivity contribution in [1.82, 2.24) is 25.2 Å². The highest BCUT2D eigenvalue weighted by Gasteiger charge is 2.27. The number of likely N-dealkylation sites (tertiary alicyclic amines) is 1. The van der Waals surface area contributed by atoms with E-state index in [9.17, 15) is 4.79 Å². The van der Waals surface area contributed by atoms with Gasteiger partial charge in [0.2, 0.25) is 17.2 Å². The third-order valence-corrected chi connectivity index (χ3v) is 6.68. The highest BCUT2D eigenvalue weighted by molar-refractivity contribution is 5.78. The normalized spacial score (nSPS) is 21.6. The maximum absolute atomic E-state index is 11.8. The maximum Gasteiger partial charge on any atom is 0.245 e. The van der Waals surface area contributed by atoms with Gasteiger partial charge in [-0.15, -0.1) is 0 Å². The van der Waals surface area contributed by atoms with Crippen molar-refractivity contribution < 1.29 is 9.42 Å². The largest absolute Gasteiger partial charge is 0.364 e. The number of carbonyl (C=O) groups is 1. The molecule has 0 aromatic carbocycles. The third kappa shape index (κ3) is 4.00. The van der Waals surface area contributed by atoms with Crippen LogP contribution in [0, 0.1) is 5.92 Å². The first-order valence-corrected chi connectivity index (χ1v) is 11.1. The molecule has 0 unspecified atom stereocenters. The van der Waals surface area contributed by atoms with Crippen molar-refractivity contribution in [2.45, 2.75) is 63.8 Å². The van der Waals surface area contributed by atoms with Gasteiger partial charge in [0.25, 0.3) is 0 Å². The SMILES string of the molecule is O=C1CCCN1CCC1CCN(c2nc3nonc3nc2NC2CCCC2)CC1. The molecule has 29 heavy (non-hydrogen) atoms. The number of anilines is 2. The van der Waals surface area contributed by atoms with E-state index in [1.54, 1.807) is 0 Å². The van der Waals surface area contributed by atoms with Gasteiger partial charge in [-0.2, -0.15) is 0 Å². The standard InChI is InChI=1S/C20H29N7O2/c28-16-6-3-10-26(16)11-7-14-8-12-27(13-9-14)20-19(21-15-4-1-2-5-15)22-17-18(23-20)25-29-24-17/h14-15H,1-13H2,(H,21,22,24). The Hall–Kier alpha value is -2.45. The van der Waals surface area contributed by atoms with Crippen LogP contribution >= 0.6 is 0 Å². The Bertz CT molecular complexity index is 856. The summed E-state index contributed by atoms with van der Waals surface area (Å²) in [5.41, 5.74) is 0.922. The van der Waals surface area contributed by atoms with Crippen LogP contribution in [0.5, 0.6) is 0 Å². The molecule has 5 rings (SSSR count).